The lowest BCUT2D eigenvalue weighted by Gasteiger charge is -2.13. The quantitative estimate of drug-likeness (QED) is 0.266. The molecule has 0 bridgehead atoms. The van der Waals surface area contributed by atoms with Gasteiger partial charge in [-0.05, 0) is 44.0 Å². The molecule has 0 saturated carbocycles. The molecular formula is C22H32O5. The maximum Gasteiger partial charge on any atom is 0.338 e. The Balaban J connectivity index is 2.22. The maximum atomic E-state index is 11.9. The van der Waals surface area contributed by atoms with Crippen molar-refractivity contribution in [2.75, 3.05) is 13.2 Å². The first kappa shape index (κ1) is 22.9. The summed E-state index contributed by atoms with van der Waals surface area (Å²) in [5.41, 5.74) is 0.516. The van der Waals surface area contributed by atoms with Crippen LogP contribution in [-0.2, 0) is 14.3 Å². The van der Waals surface area contributed by atoms with Gasteiger partial charge in [0.25, 0.3) is 0 Å². The Bertz CT molecular complexity index is 575. The summed E-state index contributed by atoms with van der Waals surface area (Å²) < 4.78 is 10.6. The monoisotopic (exact) mass is 376 g/mol. The number of benzene rings is 1. The van der Waals surface area contributed by atoms with E-state index in [1.807, 2.05) is 13.8 Å². The molecule has 0 aromatic heterocycles. The molecule has 0 radical (unpaired) electrons. The molecule has 0 aliphatic rings. The van der Waals surface area contributed by atoms with Gasteiger partial charge in [0.1, 0.15) is 17.3 Å². The lowest BCUT2D eigenvalue weighted by atomic mass is 9.90. The normalized spacial score (nSPS) is 10.7. The Morgan fingerprint density at radius 1 is 0.852 bits per heavy atom. The molecule has 0 amide bonds. The van der Waals surface area contributed by atoms with Crippen LogP contribution in [0.3, 0.4) is 0 Å². The Morgan fingerprint density at radius 2 is 1.44 bits per heavy atom. The molecule has 5 heteroatoms. The van der Waals surface area contributed by atoms with Gasteiger partial charge in [0, 0.05) is 12.8 Å². The van der Waals surface area contributed by atoms with Gasteiger partial charge in [-0.2, -0.15) is 0 Å². The van der Waals surface area contributed by atoms with Crippen LogP contribution < -0.4 is 4.74 Å². The van der Waals surface area contributed by atoms with Crippen LogP contribution in [-0.4, -0.2) is 30.7 Å². The van der Waals surface area contributed by atoms with E-state index >= 15 is 0 Å². The van der Waals surface area contributed by atoms with Gasteiger partial charge in [-0.25, -0.2) is 4.79 Å². The van der Waals surface area contributed by atoms with Crippen molar-refractivity contribution in [1.29, 1.82) is 0 Å². The summed E-state index contributed by atoms with van der Waals surface area (Å²) in [6.45, 7) is 6.36. The SMILES string of the molecule is CCOC(=O)c1ccc(OCCCCCCC(C(=O)CC)C(=O)CC)cc1. The van der Waals surface area contributed by atoms with Crippen molar-refractivity contribution >= 4 is 17.5 Å². The molecule has 1 aromatic carbocycles. The van der Waals surface area contributed by atoms with E-state index < -0.39 is 5.92 Å². The molecular weight excluding hydrogens is 344 g/mol. The van der Waals surface area contributed by atoms with Crippen molar-refractivity contribution in [3.63, 3.8) is 0 Å². The van der Waals surface area contributed by atoms with Crippen LogP contribution >= 0.6 is 0 Å². The van der Waals surface area contributed by atoms with E-state index in [9.17, 15) is 14.4 Å². The lowest BCUT2D eigenvalue weighted by molar-refractivity contribution is -0.132. The molecule has 27 heavy (non-hydrogen) atoms. The largest absolute Gasteiger partial charge is 0.494 e. The van der Waals surface area contributed by atoms with Gasteiger partial charge >= 0.3 is 5.97 Å². The summed E-state index contributed by atoms with van der Waals surface area (Å²) in [5, 5.41) is 0. The minimum atomic E-state index is -0.408. The summed E-state index contributed by atoms with van der Waals surface area (Å²) in [6, 6.07) is 6.93. The average molecular weight is 376 g/mol. The second-order valence-corrected chi connectivity index (χ2v) is 6.49. The molecule has 0 heterocycles. The van der Waals surface area contributed by atoms with Crippen LogP contribution in [0.15, 0.2) is 24.3 Å². The van der Waals surface area contributed by atoms with E-state index in [0.717, 1.165) is 31.4 Å². The standard InChI is InChI=1S/C22H32O5/c1-4-20(23)19(21(24)5-2)11-9-7-8-10-16-27-18-14-12-17(13-15-18)22(25)26-6-3/h12-15,19H,4-11,16H2,1-3H3. The number of rotatable bonds is 14. The molecule has 0 unspecified atom stereocenters. The van der Waals surface area contributed by atoms with E-state index in [4.69, 9.17) is 9.47 Å². The van der Waals surface area contributed by atoms with Gasteiger partial charge < -0.3 is 9.47 Å². The Labute approximate surface area is 162 Å². The van der Waals surface area contributed by atoms with E-state index in [0.29, 0.717) is 38.0 Å². The van der Waals surface area contributed by atoms with Crippen LogP contribution in [0.2, 0.25) is 0 Å². The molecule has 150 valence electrons. The predicted molar refractivity (Wildman–Crippen MR) is 105 cm³/mol. The number of carbonyl (C=O) groups is 3. The third kappa shape index (κ3) is 8.37. The highest BCUT2D eigenvalue weighted by molar-refractivity contribution is 6.02. The van der Waals surface area contributed by atoms with Gasteiger partial charge in [-0.15, -0.1) is 0 Å². The van der Waals surface area contributed by atoms with Crippen LogP contribution in [0.25, 0.3) is 0 Å². The molecule has 0 aliphatic carbocycles. The van der Waals surface area contributed by atoms with Crippen LogP contribution in [0.4, 0.5) is 0 Å². The Kier molecular flexibility index (Phi) is 11.1. The van der Waals surface area contributed by atoms with Gasteiger partial charge in [-0.1, -0.05) is 33.1 Å². The van der Waals surface area contributed by atoms with E-state index in [1.54, 1.807) is 31.2 Å². The number of esters is 1. The zero-order valence-electron chi connectivity index (χ0n) is 16.8. The molecule has 0 N–H and O–H groups in total. The van der Waals surface area contributed by atoms with E-state index in [-0.39, 0.29) is 17.5 Å². The molecule has 0 spiro atoms. The smallest absolute Gasteiger partial charge is 0.338 e. The highest BCUT2D eigenvalue weighted by Crippen LogP contribution is 2.17. The number of ketones is 2. The summed E-state index contributed by atoms with van der Waals surface area (Å²) in [4.78, 5) is 35.3. The van der Waals surface area contributed by atoms with Gasteiger partial charge in [-0.3, -0.25) is 9.59 Å². The number of ether oxygens (including phenoxy) is 2. The molecule has 1 rings (SSSR count). The third-order valence-corrected chi connectivity index (χ3v) is 4.50. The van der Waals surface area contributed by atoms with Gasteiger partial charge in [0.05, 0.1) is 24.7 Å². The minimum absolute atomic E-state index is 0.0662. The summed E-state index contributed by atoms with van der Waals surface area (Å²) in [7, 11) is 0. The second-order valence-electron chi connectivity index (χ2n) is 6.49. The van der Waals surface area contributed by atoms with Crippen LogP contribution in [0.5, 0.6) is 5.75 Å². The van der Waals surface area contributed by atoms with Crippen LogP contribution in [0.1, 0.15) is 76.1 Å². The molecule has 1 aromatic rings. The minimum Gasteiger partial charge on any atom is -0.494 e. The fourth-order valence-electron chi connectivity index (χ4n) is 2.89. The number of unbranched alkanes of at least 4 members (excludes halogenated alkanes) is 3. The summed E-state index contributed by atoms with van der Waals surface area (Å²) in [5.74, 6) is 0.123. The van der Waals surface area contributed by atoms with Crippen molar-refractivity contribution in [2.45, 2.75) is 65.7 Å². The molecule has 0 atom stereocenters. The van der Waals surface area contributed by atoms with Gasteiger partial charge in [0.2, 0.25) is 0 Å². The zero-order chi connectivity index (χ0) is 20.1. The van der Waals surface area contributed by atoms with Crippen molar-refractivity contribution in [1.82, 2.24) is 0 Å². The van der Waals surface area contributed by atoms with Crippen molar-refractivity contribution < 1.29 is 23.9 Å². The summed E-state index contributed by atoms with van der Waals surface area (Å²) >= 11 is 0. The average Bonchev–Trinajstić information content (AvgIpc) is 2.69. The third-order valence-electron chi connectivity index (χ3n) is 4.50. The number of carbonyl (C=O) groups excluding carboxylic acids is 3. The molecule has 5 nitrogen and oxygen atoms in total. The first-order valence-electron chi connectivity index (χ1n) is 9.98. The predicted octanol–water partition coefficient (Wildman–Crippen LogP) is 4.77. The van der Waals surface area contributed by atoms with Crippen molar-refractivity contribution in [3.05, 3.63) is 29.8 Å². The fourth-order valence-corrected chi connectivity index (χ4v) is 2.89. The fraction of sp³-hybridized carbons (Fsp3) is 0.591. The van der Waals surface area contributed by atoms with E-state index in [2.05, 4.69) is 0 Å². The first-order valence-corrected chi connectivity index (χ1v) is 9.98. The first-order chi connectivity index (χ1) is 13.0. The topological polar surface area (TPSA) is 69.7 Å². The number of hydrogen-bond acceptors (Lipinski definition) is 5. The second kappa shape index (κ2) is 13.1. The molecule has 0 saturated heterocycles. The maximum absolute atomic E-state index is 11.9. The highest BCUT2D eigenvalue weighted by atomic mass is 16.5. The Morgan fingerprint density at radius 3 is 2.00 bits per heavy atom. The van der Waals surface area contributed by atoms with Crippen LogP contribution in [0, 0.1) is 5.92 Å². The Hall–Kier alpha value is -2.17. The van der Waals surface area contributed by atoms with Gasteiger partial charge in [0.15, 0.2) is 0 Å². The van der Waals surface area contributed by atoms with E-state index in [1.165, 1.54) is 0 Å². The highest BCUT2D eigenvalue weighted by Gasteiger charge is 2.22. The molecule has 0 fully saturated rings. The van der Waals surface area contributed by atoms with Crippen molar-refractivity contribution in [2.24, 2.45) is 5.92 Å². The summed E-state index contributed by atoms with van der Waals surface area (Å²) in [6.07, 6.45) is 5.29. The number of Topliss-reactive ketones (excluding diaryl/α,β-unsaturated/α-hetero) is 2. The number of hydrogen-bond donors (Lipinski definition) is 0. The lowest BCUT2D eigenvalue weighted by Crippen LogP contribution is -2.22. The molecule has 0 aliphatic heterocycles. The zero-order valence-corrected chi connectivity index (χ0v) is 16.8. The van der Waals surface area contributed by atoms with Crippen molar-refractivity contribution in [3.8, 4) is 5.75 Å².